The predicted molar refractivity (Wildman–Crippen MR) is 77.7 cm³/mol. The molecule has 2 N–H and O–H groups in total. The van der Waals surface area contributed by atoms with E-state index in [9.17, 15) is 4.39 Å². The van der Waals surface area contributed by atoms with E-state index in [1.54, 1.807) is 18.3 Å². The lowest BCUT2D eigenvalue weighted by atomic mass is 10.2. The Balaban J connectivity index is 2.29. The fourth-order valence-corrected chi connectivity index (χ4v) is 2.29. The van der Waals surface area contributed by atoms with Gasteiger partial charge < -0.3 is 10.3 Å². The standard InChI is InChI=1S/C15H15FN4/c1-9(2)20-14(10-5-6-12(17)11(16)8-10)19-13-4-3-7-18-15(13)20/h3-9H,17H2,1-2H3. The van der Waals surface area contributed by atoms with Crippen molar-refractivity contribution in [2.75, 3.05) is 5.73 Å². The van der Waals surface area contributed by atoms with Crippen LogP contribution in [0.1, 0.15) is 19.9 Å². The highest BCUT2D eigenvalue weighted by molar-refractivity contribution is 5.77. The van der Waals surface area contributed by atoms with Crippen molar-refractivity contribution in [2.45, 2.75) is 19.9 Å². The fourth-order valence-electron chi connectivity index (χ4n) is 2.29. The largest absolute Gasteiger partial charge is 0.396 e. The van der Waals surface area contributed by atoms with Gasteiger partial charge in [-0.3, -0.25) is 0 Å². The third-order valence-corrected chi connectivity index (χ3v) is 3.22. The van der Waals surface area contributed by atoms with Gasteiger partial charge in [-0.1, -0.05) is 0 Å². The molecule has 0 unspecified atom stereocenters. The van der Waals surface area contributed by atoms with E-state index in [2.05, 4.69) is 9.97 Å². The number of imidazole rings is 1. The number of benzene rings is 1. The minimum atomic E-state index is -0.433. The lowest BCUT2D eigenvalue weighted by Crippen LogP contribution is -2.04. The van der Waals surface area contributed by atoms with Gasteiger partial charge in [-0.2, -0.15) is 0 Å². The van der Waals surface area contributed by atoms with Crippen LogP contribution in [0.4, 0.5) is 10.1 Å². The maximum atomic E-state index is 13.7. The summed E-state index contributed by atoms with van der Waals surface area (Å²) in [5.74, 6) is 0.269. The van der Waals surface area contributed by atoms with Gasteiger partial charge in [0.1, 0.15) is 17.2 Å². The first kappa shape index (κ1) is 12.6. The van der Waals surface area contributed by atoms with Gasteiger partial charge in [-0.05, 0) is 44.2 Å². The summed E-state index contributed by atoms with van der Waals surface area (Å²) in [6, 6.07) is 8.66. The first-order chi connectivity index (χ1) is 9.58. The Hall–Kier alpha value is -2.43. The van der Waals surface area contributed by atoms with E-state index in [0.717, 1.165) is 11.2 Å². The van der Waals surface area contributed by atoms with E-state index < -0.39 is 5.82 Å². The SMILES string of the molecule is CC(C)n1c(-c2ccc(N)c(F)c2)nc2cccnc21. The highest BCUT2D eigenvalue weighted by Crippen LogP contribution is 2.28. The van der Waals surface area contributed by atoms with Gasteiger partial charge in [0.15, 0.2) is 5.65 Å². The second-order valence-electron chi connectivity index (χ2n) is 4.98. The molecule has 0 spiro atoms. The normalized spacial score (nSPS) is 11.4. The van der Waals surface area contributed by atoms with Crippen molar-refractivity contribution in [1.29, 1.82) is 0 Å². The summed E-state index contributed by atoms with van der Waals surface area (Å²) < 4.78 is 15.7. The lowest BCUT2D eigenvalue weighted by molar-refractivity contribution is 0.616. The molecular formula is C15H15FN4. The van der Waals surface area contributed by atoms with Crippen molar-refractivity contribution < 1.29 is 4.39 Å². The molecule has 3 aromatic rings. The molecular weight excluding hydrogens is 255 g/mol. The zero-order valence-electron chi connectivity index (χ0n) is 11.3. The molecule has 0 bridgehead atoms. The Kier molecular flexibility index (Phi) is 2.89. The van der Waals surface area contributed by atoms with Crippen LogP contribution in [-0.2, 0) is 0 Å². The Morgan fingerprint density at radius 1 is 1.25 bits per heavy atom. The monoisotopic (exact) mass is 270 g/mol. The van der Waals surface area contributed by atoms with Crippen molar-refractivity contribution in [3.63, 3.8) is 0 Å². The van der Waals surface area contributed by atoms with Gasteiger partial charge >= 0.3 is 0 Å². The van der Waals surface area contributed by atoms with Gasteiger partial charge in [0.25, 0.3) is 0 Å². The minimum Gasteiger partial charge on any atom is -0.396 e. The molecule has 0 radical (unpaired) electrons. The summed E-state index contributed by atoms with van der Waals surface area (Å²) in [7, 11) is 0. The number of nitrogens with zero attached hydrogens (tertiary/aromatic N) is 3. The van der Waals surface area contributed by atoms with E-state index in [0.29, 0.717) is 11.4 Å². The summed E-state index contributed by atoms with van der Waals surface area (Å²) in [6.45, 7) is 4.10. The zero-order chi connectivity index (χ0) is 14.3. The number of halogens is 1. The van der Waals surface area contributed by atoms with Crippen molar-refractivity contribution >= 4 is 16.9 Å². The van der Waals surface area contributed by atoms with Crippen LogP contribution in [0.15, 0.2) is 36.5 Å². The molecule has 0 amide bonds. The molecule has 0 aliphatic heterocycles. The van der Waals surface area contributed by atoms with Crippen LogP contribution in [0.3, 0.4) is 0 Å². The van der Waals surface area contributed by atoms with Crippen LogP contribution < -0.4 is 5.73 Å². The maximum absolute atomic E-state index is 13.7. The molecule has 102 valence electrons. The topological polar surface area (TPSA) is 56.7 Å². The number of fused-ring (bicyclic) bond motifs is 1. The highest BCUT2D eigenvalue weighted by Gasteiger charge is 2.16. The average molecular weight is 270 g/mol. The van der Waals surface area contributed by atoms with Gasteiger partial charge in [0.2, 0.25) is 0 Å². The van der Waals surface area contributed by atoms with Crippen LogP contribution >= 0.6 is 0 Å². The first-order valence-electron chi connectivity index (χ1n) is 6.46. The number of nitrogens with two attached hydrogens (primary N) is 1. The number of nitrogen functional groups attached to an aromatic ring is 1. The Bertz CT molecular complexity index is 777. The Morgan fingerprint density at radius 3 is 2.75 bits per heavy atom. The molecule has 0 fully saturated rings. The summed E-state index contributed by atoms with van der Waals surface area (Å²) in [5, 5.41) is 0. The molecule has 1 aromatic carbocycles. The molecule has 0 saturated heterocycles. The molecule has 5 heteroatoms. The van der Waals surface area contributed by atoms with Crippen molar-refractivity contribution in [1.82, 2.24) is 14.5 Å². The quantitative estimate of drug-likeness (QED) is 0.726. The van der Waals surface area contributed by atoms with Crippen LogP contribution in [0.25, 0.3) is 22.6 Å². The molecule has 2 heterocycles. The van der Waals surface area contributed by atoms with Gasteiger partial charge in [-0.15, -0.1) is 0 Å². The number of hydrogen-bond donors (Lipinski definition) is 1. The maximum Gasteiger partial charge on any atom is 0.160 e. The first-order valence-corrected chi connectivity index (χ1v) is 6.46. The lowest BCUT2D eigenvalue weighted by Gasteiger charge is -2.12. The average Bonchev–Trinajstić information content (AvgIpc) is 2.81. The Morgan fingerprint density at radius 2 is 2.05 bits per heavy atom. The molecule has 20 heavy (non-hydrogen) atoms. The molecule has 2 aromatic heterocycles. The van der Waals surface area contributed by atoms with Crippen LogP contribution in [0.5, 0.6) is 0 Å². The van der Waals surface area contributed by atoms with Crippen LogP contribution in [0.2, 0.25) is 0 Å². The fraction of sp³-hybridized carbons (Fsp3) is 0.200. The summed E-state index contributed by atoms with van der Waals surface area (Å²) in [6.07, 6.45) is 1.73. The number of anilines is 1. The van der Waals surface area contributed by atoms with E-state index in [4.69, 9.17) is 5.73 Å². The smallest absolute Gasteiger partial charge is 0.160 e. The van der Waals surface area contributed by atoms with Crippen molar-refractivity contribution in [3.05, 3.63) is 42.3 Å². The molecule has 4 nitrogen and oxygen atoms in total. The Labute approximate surface area is 116 Å². The summed E-state index contributed by atoms with van der Waals surface area (Å²) in [4.78, 5) is 8.94. The second kappa shape index (κ2) is 4.59. The van der Waals surface area contributed by atoms with E-state index in [1.807, 2.05) is 30.5 Å². The minimum absolute atomic E-state index is 0.138. The third kappa shape index (κ3) is 1.91. The molecule has 0 atom stereocenters. The number of aromatic nitrogens is 3. The molecule has 0 saturated carbocycles. The number of hydrogen-bond acceptors (Lipinski definition) is 3. The number of pyridine rings is 1. The third-order valence-electron chi connectivity index (χ3n) is 3.22. The second-order valence-corrected chi connectivity index (χ2v) is 4.98. The van der Waals surface area contributed by atoms with Gasteiger partial charge in [-0.25, -0.2) is 14.4 Å². The highest BCUT2D eigenvalue weighted by atomic mass is 19.1. The van der Waals surface area contributed by atoms with E-state index in [-0.39, 0.29) is 11.7 Å². The number of rotatable bonds is 2. The van der Waals surface area contributed by atoms with Crippen LogP contribution in [-0.4, -0.2) is 14.5 Å². The predicted octanol–water partition coefficient (Wildman–Crippen LogP) is 3.40. The van der Waals surface area contributed by atoms with Crippen molar-refractivity contribution in [3.8, 4) is 11.4 Å². The van der Waals surface area contributed by atoms with E-state index >= 15 is 0 Å². The molecule has 0 aliphatic rings. The van der Waals surface area contributed by atoms with E-state index in [1.165, 1.54) is 6.07 Å². The zero-order valence-corrected chi connectivity index (χ0v) is 11.3. The van der Waals surface area contributed by atoms with Gasteiger partial charge in [0.05, 0.1) is 5.69 Å². The molecule has 3 rings (SSSR count). The summed E-state index contributed by atoms with van der Waals surface area (Å²) >= 11 is 0. The molecule has 0 aliphatic carbocycles. The van der Waals surface area contributed by atoms with Crippen molar-refractivity contribution in [2.24, 2.45) is 0 Å². The van der Waals surface area contributed by atoms with Crippen LogP contribution in [0, 0.1) is 5.82 Å². The summed E-state index contributed by atoms with van der Waals surface area (Å²) in [5.41, 5.74) is 7.96. The van der Waals surface area contributed by atoms with Gasteiger partial charge in [0, 0.05) is 17.8 Å².